The van der Waals surface area contributed by atoms with Gasteiger partial charge >= 0.3 is 6.03 Å². The molecule has 4 fully saturated rings. The standard InChI is InChI=1S/C21H31N5O2/c1-14-5-4-6-16(9-14)19-18(10-22-23-19)20(27)26-12-15-7-8-17(26)13-25(11-15)21(28)24(2)3/h4-6,9,15,17-19,22-23H,7-8,10-13H2,1-3H3/t15-,17+,18?,19?/m1/s1. The summed E-state index contributed by atoms with van der Waals surface area (Å²) < 4.78 is 0. The van der Waals surface area contributed by atoms with Crippen LogP contribution in [0.1, 0.15) is 30.0 Å². The van der Waals surface area contributed by atoms with Crippen molar-refractivity contribution in [1.29, 1.82) is 0 Å². The minimum Gasteiger partial charge on any atom is -0.337 e. The second-order valence-electron chi connectivity index (χ2n) is 8.69. The maximum atomic E-state index is 13.6. The summed E-state index contributed by atoms with van der Waals surface area (Å²) in [5.74, 6) is 0.448. The van der Waals surface area contributed by atoms with Gasteiger partial charge in [-0.25, -0.2) is 10.2 Å². The molecule has 1 aromatic rings. The maximum Gasteiger partial charge on any atom is 0.319 e. The molecule has 7 heteroatoms. The SMILES string of the molecule is Cc1cccc(C2NNCC2C(=O)N2C[C@@H]3CC[C@H]2CN(C(=O)N(C)C)C3)c1. The fraction of sp³-hybridized carbons (Fsp3) is 0.619. The number of fused-ring (bicyclic) bond motifs is 4. The van der Waals surface area contributed by atoms with Crippen LogP contribution in [0, 0.1) is 18.8 Å². The second-order valence-corrected chi connectivity index (χ2v) is 8.69. The van der Waals surface area contributed by atoms with Crippen molar-refractivity contribution in [3.63, 3.8) is 0 Å². The van der Waals surface area contributed by atoms with Gasteiger partial charge in [-0.3, -0.25) is 10.2 Å². The highest BCUT2D eigenvalue weighted by molar-refractivity contribution is 5.81. The number of carbonyl (C=O) groups is 2. The largest absolute Gasteiger partial charge is 0.337 e. The van der Waals surface area contributed by atoms with Crippen LogP contribution in [0.3, 0.4) is 0 Å². The summed E-state index contributed by atoms with van der Waals surface area (Å²) in [4.78, 5) is 31.7. The summed E-state index contributed by atoms with van der Waals surface area (Å²) in [7, 11) is 3.58. The minimum atomic E-state index is -0.126. The van der Waals surface area contributed by atoms with Crippen molar-refractivity contribution in [1.82, 2.24) is 25.6 Å². The highest BCUT2D eigenvalue weighted by atomic mass is 16.2. The zero-order chi connectivity index (χ0) is 19.8. The smallest absolute Gasteiger partial charge is 0.319 e. The Labute approximate surface area is 167 Å². The third-order valence-corrected chi connectivity index (χ3v) is 6.35. The van der Waals surface area contributed by atoms with Crippen LogP contribution in [0.5, 0.6) is 0 Å². The van der Waals surface area contributed by atoms with Gasteiger partial charge in [0.15, 0.2) is 0 Å². The second kappa shape index (κ2) is 7.72. The van der Waals surface area contributed by atoms with E-state index in [0.717, 1.165) is 31.5 Å². The summed E-state index contributed by atoms with van der Waals surface area (Å²) in [6, 6.07) is 8.51. The Bertz CT molecular complexity index is 752. The van der Waals surface area contributed by atoms with Crippen LogP contribution < -0.4 is 10.9 Å². The van der Waals surface area contributed by atoms with Crippen molar-refractivity contribution in [2.45, 2.75) is 31.8 Å². The van der Waals surface area contributed by atoms with Gasteiger partial charge in [0, 0.05) is 46.3 Å². The van der Waals surface area contributed by atoms with E-state index in [4.69, 9.17) is 0 Å². The van der Waals surface area contributed by atoms with E-state index in [1.807, 2.05) is 11.0 Å². The molecule has 2 bridgehead atoms. The molecule has 1 aromatic carbocycles. The molecule has 0 aromatic heterocycles. The highest BCUT2D eigenvalue weighted by Gasteiger charge is 2.43. The number of benzene rings is 1. The Morgan fingerprint density at radius 2 is 1.96 bits per heavy atom. The maximum absolute atomic E-state index is 13.6. The predicted molar refractivity (Wildman–Crippen MR) is 107 cm³/mol. The van der Waals surface area contributed by atoms with Crippen LogP contribution in [0.25, 0.3) is 0 Å². The number of hydrazine groups is 1. The van der Waals surface area contributed by atoms with E-state index in [2.05, 4.69) is 40.9 Å². The molecule has 0 radical (unpaired) electrons. The van der Waals surface area contributed by atoms with Gasteiger partial charge in [0.1, 0.15) is 0 Å². The van der Waals surface area contributed by atoms with Crippen LogP contribution in [0.2, 0.25) is 0 Å². The van der Waals surface area contributed by atoms with E-state index in [-0.39, 0.29) is 29.9 Å². The van der Waals surface area contributed by atoms with Crippen LogP contribution in [0.15, 0.2) is 24.3 Å². The first-order valence-corrected chi connectivity index (χ1v) is 10.3. The molecule has 28 heavy (non-hydrogen) atoms. The Kier molecular flexibility index (Phi) is 5.29. The molecule has 0 saturated carbocycles. The number of hydrogen-bond donors (Lipinski definition) is 2. The van der Waals surface area contributed by atoms with Gasteiger partial charge in [-0.05, 0) is 31.2 Å². The third kappa shape index (κ3) is 3.61. The van der Waals surface area contributed by atoms with Crippen molar-refractivity contribution in [2.24, 2.45) is 11.8 Å². The van der Waals surface area contributed by atoms with Gasteiger partial charge in [0.2, 0.25) is 5.91 Å². The topological polar surface area (TPSA) is 67.9 Å². The number of nitrogens with one attached hydrogen (secondary N) is 2. The summed E-state index contributed by atoms with van der Waals surface area (Å²) in [5, 5.41) is 0. The molecular weight excluding hydrogens is 354 g/mol. The first-order valence-electron chi connectivity index (χ1n) is 10.3. The van der Waals surface area contributed by atoms with Crippen LogP contribution in [-0.2, 0) is 4.79 Å². The monoisotopic (exact) mass is 385 g/mol. The van der Waals surface area contributed by atoms with Gasteiger partial charge in [0.05, 0.1) is 12.0 Å². The zero-order valence-electron chi connectivity index (χ0n) is 17.0. The molecule has 0 spiro atoms. The van der Waals surface area contributed by atoms with Crippen LogP contribution in [0.4, 0.5) is 4.79 Å². The molecule has 7 nitrogen and oxygen atoms in total. The first-order chi connectivity index (χ1) is 13.4. The molecule has 152 valence electrons. The van der Waals surface area contributed by atoms with E-state index in [9.17, 15) is 9.59 Å². The summed E-state index contributed by atoms with van der Waals surface area (Å²) in [6.45, 7) is 4.86. The molecule has 5 rings (SSSR count). The number of nitrogens with zero attached hydrogens (tertiary/aromatic N) is 3. The molecule has 2 unspecified atom stereocenters. The number of amides is 3. The quantitative estimate of drug-likeness (QED) is 0.807. The van der Waals surface area contributed by atoms with Gasteiger partial charge < -0.3 is 14.7 Å². The van der Waals surface area contributed by atoms with Crippen LogP contribution in [-0.4, -0.2) is 73.0 Å². The van der Waals surface area contributed by atoms with E-state index < -0.39 is 0 Å². The number of urea groups is 1. The van der Waals surface area contributed by atoms with Gasteiger partial charge in [-0.15, -0.1) is 0 Å². The molecule has 4 aliphatic rings. The Hall–Kier alpha value is -2.12. The third-order valence-electron chi connectivity index (χ3n) is 6.35. The van der Waals surface area contributed by atoms with Crippen LogP contribution >= 0.6 is 0 Å². The Morgan fingerprint density at radius 1 is 1.14 bits per heavy atom. The Morgan fingerprint density at radius 3 is 2.71 bits per heavy atom. The van der Waals surface area contributed by atoms with Gasteiger partial charge in [-0.2, -0.15) is 0 Å². The number of aryl methyl sites for hydroxylation is 1. The van der Waals surface area contributed by atoms with Gasteiger partial charge in [0.25, 0.3) is 0 Å². The van der Waals surface area contributed by atoms with Crippen molar-refractivity contribution >= 4 is 11.9 Å². The predicted octanol–water partition coefficient (Wildman–Crippen LogP) is 1.36. The lowest BCUT2D eigenvalue weighted by atomic mass is 9.89. The molecule has 2 N–H and O–H groups in total. The Balaban J connectivity index is 1.52. The number of hydrogen-bond acceptors (Lipinski definition) is 4. The van der Waals surface area contributed by atoms with Crippen molar-refractivity contribution < 1.29 is 9.59 Å². The number of rotatable bonds is 2. The van der Waals surface area contributed by atoms with Gasteiger partial charge in [-0.1, -0.05) is 29.8 Å². The molecule has 0 aliphatic carbocycles. The molecule has 4 heterocycles. The lowest BCUT2D eigenvalue weighted by Gasteiger charge is -2.38. The number of piperidine rings is 1. The molecule has 4 saturated heterocycles. The van der Waals surface area contributed by atoms with Crippen molar-refractivity contribution in [2.75, 3.05) is 40.3 Å². The number of carbonyl (C=O) groups excluding carboxylic acids is 2. The lowest BCUT2D eigenvalue weighted by Crippen LogP contribution is -2.51. The average molecular weight is 386 g/mol. The lowest BCUT2D eigenvalue weighted by molar-refractivity contribution is -0.139. The van der Waals surface area contributed by atoms with Crippen molar-refractivity contribution in [3.05, 3.63) is 35.4 Å². The van der Waals surface area contributed by atoms with E-state index in [0.29, 0.717) is 19.0 Å². The van der Waals surface area contributed by atoms with E-state index in [1.165, 1.54) is 5.56 Å². The summed E-state index contributed by atoms with van der Waals surface area (Å²) in [6.07, 6.45) is 2.07. The molecule has 4 atom stereocenters. The molecule has 3 amide bonds. The normalized spacial score (nSPS) is 29.7. The first kappa shape index (κ1) is 19.2. The molecule has 4 aliphatic heterocycles. The minimum absolute atomic E-state index is 0.0197. The van der Waals surface area contributed by atoms with Crippen molar-refractivity contribution in [3.8, 4) is 0 Å². The highest BCUT2D eigenvalue weighted by Crippen LogP contribution is 2.33. The molecular formula is C21H31N5O2. The average Bonchev–Trinajstić information content (AvgIpc) is 2.99. The summed E-state index contributed by atoms with van der Waals surface area (Å²) in [5.41, 5.74) is 8.84. The fourth-order valence-corrected chi connectivity index (χ4v) is 4.91. The van der Waals surface area contributed by atoms with E-state index >= 15 is 0 Å². The zero-order valence-corrected chi connectivity index (χ0v) is 17.0. The van der Waals surface area contributed by atoms with E-state index in [1.54, 1.807) is 19.0 Å². The summed E-state index contributed by atoms with van der Waals surface area (Å²) >= 11 is 0. The fourth-order valence-electron chi connectivity index (χ4n) is 4.91.